The summed E-state index contributed by atoms with van der Waals surface area (Å²) in [4.78, 5) is 24.5. The molecule has 2 amide bonds. The lowest BCUT2D eigenvalue weighted by Gasteiger charge is -2.44. The molecule has 1 saturated heterocycles. The van der Waals surface area contributed by atoms with Gasteiger partial charge < -0.3 is 10.2 Å². The molecule has 1 aliphatic heterocycles. The fourth-order valence-corrected chi connectivity index (χ4v) is 2.15. The minimum Gasteiger partial charge on any atom is -0.342 e. The number of nitrogens with zero attached hydrogens (tertiary/aromatic N) is 1. The Bertz CT molecular complexity index is 388. The first-order chi connectivity index (χ1) is 8.13. The van der Waals surface area contributed by atoms with Crippen LogP contribution in [-0.4, -0.2) is 41.0 Å². The summed E-state index contributed by atoms with van der Waals surface area (Å²) in [6.45, 7) is 1.28. The fraction of sp³-hybridized carbons (Fsp3) is 0.818. The molecule has 18 heavy (non-hydrogen) atoms. The molecule has 1 unspecified atom stereocenters. The highest BCUT2D eigenvalue weighted by atomic mass is 19.4. The van der Waals surface area contributed by atoms with Gasteiger partial charge in [0.05, 0.1) is 0 Å². The van der Waals surface area contributed by atoms with Crippen molar-refractivity contribution in [3.8, 4) is 0 Å². The summed E-state index contributed by atoms with van der Waals surface area (Å²) < 4.78 is 37.5. The summed E-state index contributed by atoms with van der Waals surface area (Å²) in [5.74, 6) is -1.16. The van der Waals surface area contributed by atoms with Crippen LogP contribution in [-0.2, 0) is 9.59 Å². The maximum atomic E-state index is 12.5. The minimum atomic E-state index is -4.50. The van der Waals surface area contributed by atoms with Crippen molar-refractivity contribution in [1.82, 2.24) is 10.2 Å². The first-order valence-electron chi connectivity index (χ1n) is 5.82. The summed E-state index contributed by atoms with van der Waals surface area (Å²) in [6.07, 6.45) is -2.95. The van der Waals surface area contributed by atoms with Crippen LogP contribution in [0.2, 0.25) is 0 Å². The highest BCUT2D eigenvalue weighted by Crippen LogP contribution is 2.37. The largest absolute Gasteiger partial charge is 0.406 e. The molecule has 0 radical (unpaired) electrons. The number of hydrogen-bond donors (Lipinski definition) is 1. The van der Waals surface area contributed by atoms with E-state index in [2.05, 4.69) is 5.32 Å². The van der Waals surface area contributed by atoms with E-state index >= 15 is 0 Å². The lowest BCUT2D eigenvalue weighted by atomic mass is 9.94. The van der Waals surface area contributed by atoms with E-state index in [4.69, 9.17) is 0 Å². The average molecular weight is 264 g/mol. The van der Waals surface area contributed by atoms with Crippen LogP contribution in [0.1, 0.15) is 26.7 Å². The van der Waals surface area contributed by atoms with Gasteiger partial charge in [0.1, 0.15) is 18.1 Å². The Labute approximate surface area is 103 Å². The van der Waals surface area contributed by atoms with Crippen LogP contribution in [0.25, 0.3) is 0 Å². The van der Waals surface area contributed by atoms with Crippen molar-refractivity contribution in [3.05, 3.63) is 0 Å². The molecular weight excluding hydrogens is 249 g/mol. The lowest BCUT2D eigenvalue weighted by Crippen LogP contribution is -2.70. The van der Waals surface area contributed by atoms with E-state index in [0.717, 1.165) is 12.8 Å². The van der Waals surface area contributed by atoms with E-state index in [1.165, 1.54) is 13.8 Å². The van der Waals surface area contributed by atoms with Crippen molar-refractivity contribution in [2.24, 2.45) is 5.92 Å². The third-order valence-electron chi connectivity index (χ3n) is 3.48. The molecule has 0 aromatic heterocycles. The molecule has 1 heterocycles. The molecule has 2 rings (SSSR count). The zero-order valence-electron chi connectivity index (χ0n) is 10.2. The number of amides is 2. The summed E-state index contributed by atoms with van der Waals surface area (Å²) in [6, 6.07) is -0.784. The molecule has 1 N–H and O–H groups in total. The third-order valence-corrected chi connectivity index (χ3v) is 3.48. The number of alkyl halides is 3. The van der Waals surface area contributed by atoms with Crippen molar-refractivity contribution in [2.75, 3.05) is 6.54 Å². The maximum absolute atomic E-state index is 12.5. The Morgan fingerprint density at radius 1 is 1.33 bits per heavy atom. The first-order valence-corrected chi connectivity index (χ1v) is 5.82. The van der Waals surface area contributed by atoms with E-state index < -0.39 is 36.1 Å². The molecule has 102 valence electrons. The van der Waals surface area contributed by atoms with Crippen molar-refractivity contribution < 1.29 is 22.8 Å². The van der Waals surface area contributed by atoms with Gasteiger partial charge in [0, 0.05) is 0 Å². The molecule has 1 saturated carbocycles. The Morgan fingerprint density at radius 3 is 2.33 bits per heavy atom. The van der Waals surface area contributed by atoms with E-state index in [1.807, 2.05) is 0 Å². The van der Waals surface area contributed by atoms with Crippen LogP contribution >= 0.6 is 0 Å². The van der Waals surface area contributed by atoms with Crippen molar-refractivity contribution >= 4 is 11.8 Å². The zero-order valence-corrected chi connectivity index (χ0v) is 10.2. The molecule has 2 aliphatic rings. The summed E-state index contributed by atoms with van der Waals surface area (Å²) in [5, 5.41) is 2.54. The van der Waals surface area contributed by atoms with Crippen LogP contribution in [0.15, 0.2) is 0 Å². The van der Waals surface area contributed by atoms with Crippen LogP contribution < -0.4 is 5.32 Å². The van der Waals surface area contributed by atoms with Gasteiger partial charge in [-0.15, -0.1) is 0 Å². The third kappa shape index (κ3) is 2.30. The standard InChI is InChI=1S/C11H15F3N2O2/c1-10(2)9(18)15-7(6-3-4-6)8(17)16(10)5-11(12,13)14/h6-7H,3-5H2,1-2H3,(H,15,18). The average Bonchev–Trinajstić information content (AvgIpc) is 3.01. The Kier molecular flexibility index (Phi) is 2.82. The number of rotatable bonds is 2. The normalized spacial score (nSPS) is 28.3. The Hall–Kier alpha value is -1.27. The number of carbonyl (C=O) groups is 2. The highest BCUT2D eigenvalue weighted by Gasteiger charge is 2.53. The Morgan fingerprint density at radius 2 is 1.89 bits per heavy atom. The SMILES string of the molecule is CC1(C)C(=O)NC(C2CC2)C(=O)N1CC(F)(F)F. The molecule has 0 aromatic carbocycles. The fourth-order valence-electron chi connectivity index (χ4n) is 2.15. The number of hydrogen-bond acceptors (Lipinski definition) is 2. The van der Waals surface area contributed by atoms with Crippen molar-refractivity contribution in [1.29, 1.82) is 0 Å². The van der Waals surface area contributed by atoms with E-state index in [-0.39, 0.29) is 5.92 Å². The second-order valence-corrected chi connectivity index (χ2v) is 5.39. The van der Waals surface area contributed by atoms with Crippen LogP contribution in [0.4, 0.5) is 13.2 Å². The van der Waals surface area contributed by atoms with Crippen molar-refractivity contribution in [2.45, 2.75) is 44.4 Å². The molecule has 0 bridgehead atoms. The summed E-state index contributed by atoms with van der Waals surface area (Å²) in [5.41, 5.74) is -1.46. The number of piperazine rings is 1. The second kappa shape index (κ2) is 3.86. The van der Waals surface area contributed by atoms with Crippen LogP contribution in [0.5, 0.6) is 0 Å². The first kappa shape index (κ1) is 13.2. The molecular formula is C11H15F3N2O2. The zero-order chi connectivity index (χ0) is 13.7. The predicted molar refractivity (Wildman–Crippen MR) is 56.5 cm³/mol. The van der Waals surface area contributed by atoms with Gasteiger partial charge in [0.25, 0.3) is 0 Å². The van der Waals surface area contributed by atoms with Gasteiger partial charge >= 0.3 is 6.18 Å². The monoisotopic (exact) mass is 264 g/mol. The molecule has 1 aliphatic carbocycles. The number of carbonyl (C=O) groups excluding carboxylic acids is 2. The quantitative estimate of drug-likeness (QED) is 0.811. The summed E-state index contributed by atoms with van der Waals surface area (Å²) in [7, 11) is 0. The topological polar surface area (TPSA) is 49.4 Å². The molecule has 7 heteroatoms. The van der Waals surface area contributed by atoms with Gasteiger partial charge in [-0.25, -0.2) is 0 Å². The predicted octanol–water partition coefficient (Wildman–Crippen LogP) is 1.06. The molecule has 2 fully saturated rings. The van der Waals surface area contributed by atoms with Crippen LogP contribution in [0.3, 0.4) is 0 Å². The van der Waals surface area contributed by atoms with Crippen LogP contribution in [0, 0.1) is 5.92 Å². The van der Waals surface area contributed by atoms with Gasteiger partial charge in [-0.2, -0.15) is 13.2 Å². The number of nitrogens with one attached hydrogen (secondary N) is 1. The second-order valence-electron chi connectivity index (χ2n) is 5.39. The summed E-state index contributed by atoms with van der Waals surface area (Å²) >= 11 is 0. The van der Waals surface area contributed by atoms with Gasteiger partial charge in [-0.05, 0) is 32.6 Å². The lowest BCUT2D eigenvalue weighted by molar-refractivity contribution is -0.181. The van der Waals surface area contributed by atoms with E-state index in [0.29, 0.717) is 4.90 Å². The molecule has 1 atom stereocenters. The van der Waals surface area contributed by atoms with E-state index in [9.17, 15) is 22.8 Å². The maximum Gasteiger partial charge on any atom is 0.406 e. The van der Waals surface area contributed by atoms with Gasteiger partial charge in [-0.3, -0.25) is 9.59 Å². The minimum absolute atomic E-state index is 0.00622. The molecule has 0 spiro atoms. The Balaban J connectivity index is 2.25. The van der Waals surface area contributed by atoms with Gasteiger partial charge in [0.15, 0.2) is 0 Å². The molecule has 4 nitrogen and oxygen atoms in total. The van der Waals surface area contributed by atoms with Crippen molar-refractivity contribution in [3.63, 3.8) is 0 Å². The number of halogens is 3. The molecule has 0 aromatic rings. The highest BCUT2D eigenvalue weighted by molar-refractivity contribution is 5.99. The van der Waals surface area contributed by atoms with Gasteiger partial charge in [0.2, 0.25) is 11.8 Å². The van der Waals surface area contributed by atoms with Gasteiger partial charge in [-0.1, -0.05) is 0 Å². The smallest absolute Gasteiger partial charge is 0.342 e. The van der Waals surface area contributed by atoms with E-state index in [1.54, 1.807) is 0 Å².